The highest BCUT2D eigenvalue weighted by Gasteiger charge is 2.22. The maximum absolute atomic E-state index is 5.77. The first-order valence-electron chi connectivity index (χ1n) is 7.18. The molecule has 2 aromatic rings. The van der Waals surface area contributed by atoms with E-state index in [4.69, 9.17) is 10.7 Å². The van der Waals surface area contributed by atoms with Crippen molar-refractivity contribution >= 4 is 5.65 Å². The number of nitrogens with zero attached hydrogens (tertiary/aromatic N) is 3. The summed E-state index contributed by atoms with van der Waals surface area (Å²) in [5.74, 6) is 0.756. The Balaban J connectivity index is 1.79. The van der Waals surface area contributed by atoms with Crippen LogP contribution in [0, 0.1) is 5.92 Å². The van der Waals surface area contributed by atoms with E-state index in [-0.39, 0.29) is 0 Å². The Morgan fingerprint density at radius 3 is 3.05 bits per heavy atom. The highest BCUT2D eigenvalue weighted by atomic mass is 15.1. The summed E-state index contributed by atoms with van der Waals surface area (Å²) in [5.41, 5.74) is 9.11. The largest absolute Gasteiger partial charge is 0.325 e. The molecule has 3 heterocycles. The van der Waals surface area contributed by atoms with E-state index in [0.29, 0.717) is 6.54 Å². The van der Waals surface area contributed by atoms with Gasteiger partial charge in [0.25, 0.3) is 0 Å². The lowest BCUT2D eigenvalue weighted by Gasteiger charge is -2.11. The second-order valence-corrected chi connectivity index (χ2v) is 5.43. The Labute approximate surface area is 114 Å². The molecule has 2 aromatic heterocycles. The van der Waals surface area contributed by atoms with Crippen LogP contribution < -0.4 is 5.73 Å². The second-order valence-electron chi connectivity index (χ2n) is 5.43. The Hall–Kier alpha value is -1.39. The van der Waals surface area contributed by atoms with Crippen LogP contribution in [0.2, 0.25) is 0 Å². The van der Waals surface area contributed by atoms with Gasteiger partial charge in [-0.15, -0.1) is 0 Å². The fourth-order valence-corrected chi connectivity index (χ4v) is 3.05. The molecule has 0 amide bonds. The van der Waals surface area contributed by atoms with Gasteiger partial charge in [-0.05, 0) is 44.0 Å². The fourth-order valence-electron chi connectivity index (χ4n) is 3.05. The molecule has 0 aromatic carbocycles. The molecular weight excluding hydrogens is 236 g/mol. The predicted octanol–water partition coefficient (Wildman–Crippen LogP) is 1.68. The minimum Gasteiger partial charge on any atom is -0.325 e. The number of hydrogen-bond acceptors (Lipinski definition) is 3. The van der Waals surface area contributed by atoms with Gasteiger partial charge < -0.3 is 15.0 Å². The molecule has 1 atom stereocenters. The van der Waals surface area contributed by atoms with Gasteiger partial charge >= 0.3 is 0 Å². The van der Waals surface area contributed by atoms with Gasteiger partial charge in [0, 0.05) is 25.0 Å². The molecule has 19 heavy (non-hydrogen) atoms. The molecule has 0 bridgehead atoms. The molecule has 0 radical (unpaired) electrons. The van der Waals surface area contributed by atoms with E-state index in [2.05, 4.69) is 34.6 Å². The van der Waals surface area contributed by atoms with E-state index < -0.39 is 0 Å². The summed E-state index contributed by atoms with van der Waals surface area (Å²) in [5, 5.41) is 0. The molecule has 1 fully saturated rings. The Morgan fingerprint density at radius 2 is 2.32 bits per heavy atom. The Kier molecular flexibility index (Phi) is 3.53. The average molecular weight is 258 g/mol. The van der Waals surface area contributed by atoms with Crippen LogP contribution in [0.3, 0.4) is 0 Å². The molecule has 4 nitrogen and oxygen atoms in total. The highest BCUT2D eigenvalue weighted by Crippen LogP contribution is 2.20. The number of nitrogens with two attached hydrogens (primary N) is 1. The summed E-state index contributed by atoms with van der Waals surface area (Å²) in [7, 11) is 0. The zero-order valence-electron chi connectivity index (χ0n) is 11.5. The molecule has 0 spiro atoms. The number of rotatable bonds is 4. The van der Waals surface area contributed by atoms with E-state index in [1.165, 1.54) is 31.7 Å². The molecule has 1 aliphatic heterocycles. The van der Waals surface area contributed by atoms with Crippen molar-refractivity contribution in [1.82, 2.24) is 14.3 Å². The highest BCUT2D eigenvalue weighted by molar-refractivity contribution is 5.41. The normalized spacial score (nSPS) is 20.4. The molecule has 102 valence electrons. The van der Waals surface area contributed by atoms with Crippen LogP contribution in [0.25, 0.3) is 5.65 Å². The molecule has 2 N–H and O–H groups in total. The first kappa shape index (κ1) is 12.6. The van der Waals surface area contributed by atoms with Gasteiger partial charge in [-0.2, -0.15) is 0 Å². The van der Waals surface area contributed by atoms with E-state index in [1.807, 2.05) is 6.07 Å². The SMILES string of the molecule is CCN1CCC(Cc2cn3c(CN)cccc3n2)C1. The zero-order chi connectivity index (χ0) is 13.2. The van der Waals surface area contributed by atoms with Gasteiger partial charge in [-0.1, -0.05) is 13.0 Å². The van der Waals surface area contributed by atoms with E-state index in [1.54, 1.807) is 0 Å². The third-order valence-corrected chi connectivity index (χ3v) is 4.15. The van der Waals surface area contributed by atoms with Gasteiger partial charge in [0.05, 0.1) is 5.69 Å². The van der Waals surface area contributed by atoms with E-state index >= 15 is 0 Å². The van der Waals surface area contributed by atoms with Crippen LogP contribution in [0.15, 0.2) is 24.4 Å². The van der Waals surface area contributed by atoms with E-state index in [0.717, 1.165) is 23.7 Å². The molecule has 1 saturated heterocycles. The van der Waals surface area contributed by atoms with Crippen molar-refractivity contribution in [1.29, 1.82) is 0 Å². The summed E-state index contributed by atoms with van der Waals surface area (Å²) in [4.78, 5) is 7.24. The van der Waals surface area contributed by atoms with Crippen LogP contribution in [-0.4, -0.2) is 33.9 Å². The summed E-state index contributed by atoms with van der Waals surface area (Å²) in [6, 6.07) is 6.14. The lowest BCUT2D eigenvalue weighted by atomic mass is 10.0. The van der Waals surface area contributed by atoms with Crippen molar-refractivity contribution in [3.8, 4) is 0 Å². The minimum atomic E-state index is 0.556. The lowest BCUT2D eigenvalue weighted by molar-refractivity contribution is 0.341. The molecular formula is C15H22N4. The van der Waals surface area contributed by atoms with Crippen molar-refractivity contribution < 1.29 is 0 Å². The van der Waals surface area contributed by atoms with Crippen LogP contribution >= 0.6 is 0 Å². The third kappa shape index (κ3) is 2.51. The molecule has 1 unspecified atom stereocenters. The first-order valence-corrected chi connectivity index (χ1v) is 7.18. The molecule has 0 saturated carbocycles. The standard InChI is InChI=1S/C15H22N4/c1-2-18-7-6-12(10-18)8-13-11-19-14(9-16)4-3-5-15(19)17-13/h3-5,11-12H,2,6-10,16H2,1H3. The predicted molar refractivity (Wildman–Crippen MR) is 77.0 cm³/mol. The number of hydrogen-bond donors (Lipinski definition) is 1. The van der Waals surface area contributed by atoms with E-state index in [9.17, 15) is 0 Å². The summed E-state index contributed by atoms with van der Waals surface area (Å²) in [6.07, 6.45) is 4.54. The molecule has 0 aliphatic carbocycles. The number of likely N-dealkylation sites (tertiary alicyclic amines) is 1. The van der Waals surface area contributed by atoms with Crippen LogP contribution in [-0.2, 0) is 13.0 Å². The summed E-state index contributed by atoms with van der Waals surface area (Å²) < 4.78 is 2.13. The zero-order valence-corrected chi connectivity index (χ0v) is 11.5. The topological polar surface area (TPSA) is 46.6 Å². The first-order chi connectivity index (χ1) is 9.30. The van der Waals surface area contributed by atoms with Crippen LogP contribution in [0.4, 0.5) is 0 Å². The average Bonchev–Trinajstić information content (AvgIpc) is 3.04. The Morgan fingerprint density at radius 1 is 1.42 bits per heavy atom. The quantitative estimate of drug-likeness (QED) is 0.907. The lowest BCUT2D eigenvalue weighted by Crippen LogP contribution is -2.20. The van der Waals surface area contributed by atoms with Crippen molar-refractivity contribution in [2.45, 2.75) is 26.3 Å². The van der Waals surface area contributed by atoms with Gasteiger partial charge in [-0.3, -0.25) is 0 Å². The Bertz CT molecular complexity index is 560. The smallest absolute Gasteiger partial charge is 0.137 e. The minimum absolute atomic E-state index is 0.556. The van der Waals surface area contributed by atoms with Crippen molar-refractivity contribution in [2.75, 3.05) is 19.6 Å². The number of aromatic nitrogens is 2. The van der Waals surface area contributed by atoms with Gasteiger partial charge in [0.1, 0.15) is 5.65 Å². The summed E-state index contributed by atoms with van der Waals surface area (Å²) >= 11 is 0. The van der Waals surface area contributed by atoms with Crippen LogP contribution in [0.1, 0.15) is 24.7 Å². The number of pyridine rings is 1. The van der Waals surface area contributed by atoms with Crippen molar-refractivity contribution in [3.63, 3.8) is 0 Å². The molecule has 3 rings (SSSR count). The monoisotopic (exact) mass is 258 g/mol. The van der Waals surface area contributed by atoms with Crippen molar-refractivity contribution in [3.05, 3.63) is 35.8 Å². The molecule has 4 heteroatoms. The number of fused-ring (bicyclic) bond motifs is 1. The van der Waals surface area contributed by atoms with Crippen LogP contribution in [0.5, 0.6) is 0 Å². The van der Waals surface area contributed by atoms with Crippen molar-refractivity contribution in [2.24, 2.45) is 11.7 Å². The van der Waals surface area contributed by atoms with Gasteiger partial charge in [-0.25, -0.2) is 4.98 Å². The second kappa shape index (κ2) is 5.31. The molecule has 1 aliphatic rings. The van der Waals surface area contributed by atoms with Gasteiger partial charge in [0.15, 0.2) is 0 Å². The number of imidazole rings is 1. The maximum Gasteiger partial charge on any atom is 0.137 e. The third-order valence-electron chi connectivity index (χ3n) is 4.15. The fraction of sp³-hybridized carbons (Fsp3) is 0.533. The summed E-state index contributed by atoms with van der Waals surface area (Å²) in [6.45, 7) is 6.41. The van der Waals surface area contributed by atoms with Gasteiger partial charge in [0.2, 0.25) is 0 Å². The maximum atomic E-state index is 5.77.